The van der Waals surface area contributed by atoms with E-state index in [2.05, 4.69) is 15.3 Å². The molecule has 1 atom stereocenters. The van der Waals surface area contributed by atoms with E-state index in [1.807, 2.05) is 0 Å². The number of Topliss-reactive ketones (excluding diaryl/α,β-unsaturated/α-hetero) is 1. The molecule has 2 aromatic rings. The summed E-state index contributed by atoms with van der Waals surface area (Å²) < 4.78 is 23.7. The van der Waals surface area contributed by atoms with Gasteiger partial charge in [0, 0.05) is 25.5 Å². The molecule has 10 heteroatoms. The van der Waals surface area contributed by atoms with Crippen LogP contribution in [0, 0.1) is 5.92 Å². The number of rotatable bonds is 6. The van der Waals surface area contributed by atoms with E-state index in [0.29, 0.717) is 25.7 Å². The number of carbonyl (C=O) groups excluding carboxylic acids is 2. The van der Waals surface area contributed by atoms with Crippen LogP contribution in [0.1, 0.15) is 43.6 Å². The zero-order chi connectivity index (χ0) is 21.9. The van der Waals surface area contributed by atoms with Gasteiger partial charge in [-0.2, -0.15) is 0 Å². The summed E-state index contributed by atoms with van der Waals surface area (Å²) in [6, 6.07) is 4.77. The molecule has 0 saturated heterocycles. The molecule has 0 aliphatic heterocycles. The topological polar surface area (TPSA) is 106 Å². The minimum Gasteiger partial charge on any atom is -0.309 e. The summed E-state index contributed by atoms with van der Waals surface area (Å²) in [5, 5.41) is 3.04. The molecule has 0 spiro atoms. The zero-order valence-corrected chi connectivity index (χ0v) is 18.6. The van der Waals surface area contributed by atoms with Crippen molar-refractivity contribution in [2.75, 3.05) is 11.6 Å². The predicted molar refractivity (Wildman–Crippen MR) is 115 cm³/mol. The molecule has 1 aliphatic carbocycles. The van der Waals surface area contributed by atoms with Crippen molar-refractivity contribution in [3.8, 4) is 0 Å². The van der Waals surface area contributed by atoms with Gasteiger partial charge in [-0.05, 0) is 42.4 Å². The minimum atomic E-state index is -3.46. The molecule has 1 aliphatic rings. The van der Waals surface area contributed by atoms with Gasteiger partial charge in [0.15, 0.2) is 15.7 Å². The van der Waals surface area contributed by atoms with Gasteiger partial charge in [-0.15, -0.1) is 0 Å². The first-order valence-electron chi connectivity index (χ1n) is 9.42. The van der Waals surface area contributed by atoms with E-state index >= 15 is 0 Å². The molecule has 1 saturated carbocycles. The van der Waals surface area contributed by atoms with Gasteiger partial charge in [-0.3, -0.25) is 9.59 Å². The average Bonchev–Trinajstić information content (AvgIpc) is 2.68. The van der Waals surface area contributed by atoms with Gasteiger partial charge in [-0.1, -0.05) is 29.3 Å². The standard InChI is InChI=1S/C20H21Cl2N3O4S/c1-30(28,29)17-7-4-13(8-16(17)21)15(12-2-5-14(26)6-3-12)9-20(27)25-19-11-23-18(22)10-24-19/h4,7-8,10-12,15H,2-3,5-6,9H2,1H3,(H,24,25,27)/t15-/m1/s1. The van der Waals surface area contributed by atoms with Gasteiger partial charge >= 0.3 is 0 Å². The number of sulfone groups is 1. The first-order valence-corrected chi connectivity index (χ1v) is 12.1. The SMILES string of the molecule is CS(=O)(=O)c1ccc([C@H](CC(=O)Nc2cnc(Cl)cn2)C2CCC(=O)CC2)cc1Cl. The molecule has 160 valence electrons. The van der Waals surface area contributed by atoms with Gasteiger partial charge < -0.3 is 5.32 Å². The lowest BCUT2D eigenvalue weighted by molar-refractivity contribution is -0.121. The van der Waals surface area contributed by atoms with Crippen LogP contribution in [0.15, 0.2) is 35.5 Å². The van der Waals surface area contributed by atoms with Crippen LogP contribution >= 0.6 is 23.2 Å². The van der Waals surface area contributed by atoms with Crippen LogP contribution < -0.4 is 5.32 Å². The number of carbonyl (C=O) groups is 2. The van der Waals surface area contributed by atoms with Gasteiger partial charge in [0.2, 0.25) is 5.91 Å². The Hall–Kier alpha value is -2.03. The summed E-state index contributed by atoms with van der Waals surface area (Å²) in [5.41, 5.74) is 0.768. The molecule has 7 nitrogen and oxygen atoms in total. The summed E-state index contributed by atoms with van der Waals surface area (Å²) in [4.78, 5) is 32.3. The highest BCUT2D eigenvalue weighted by atomic mass is 35.5. The van der Waals surface area contributed by atoms with Crippen LogP contribution in [0.5, 0.6) is 0 Å². The Morgan fingerprint density at radius 2 is 1.90 bits per heavy atom. The average molecular weight is 470 g/mol. The number of aromatic nitrogens is 2. The number of nitrogens with zero attached hydrogens (tertiary/aromatic N) is 2. The number of halogens is 2. The second kappa shape index (κ2) is 9.41. The van der Waals surface area contributed by atoms with Crippen LogP contribution in [0.4, 0.5) is 5.82 Å². The Morgan fingerprint density at radius 3 is 2.47 bits per heavy atom. The molecule has 1 N–H and O–H groups in total. The number of hydrogen-bond acceptors (Lipinski definition) is 6. The molecule has 0 radical (unpaired) electrons. The van der Waals surface area contributed by atoms with Crippen molar-refractivity contribution in [3.63, 3.8) is 0 Å². The Labute approximate surface area is 185 Å². The van der Waals surface area contributed by atoms with E-state index in [0.717, 1.165) is 11.8 Å². The van der Waals surface area contributed by atoms with E-state index in [9.17, 15) is 18.0 Å². The molecule has 1 aromatic heterocycles. The second-order valence-corrected chi connectivity index (χ2v) is 10.2. The van der Waals surface area contributed by atoms with Crippen molar-refractivity contribution >= 4 is 50.5 Å². The quantitative estimate of drug-likeness (QED) is 0.683. The number of hydrogen-bond donors (Lipinski definition) is 1. The number of benzene rings is 1. The molecule has 0 bridgehead atoms. The molecule has 30 heavy (non-hydrogen) atoms. The van der Waals surface area contributed by atoms with Crippen molar-refractivity contribution in [2.24, 2.45) is 5.92 Å². The summed E-state index contributed by atoms with van der Waals surface area (Å²) in [6.07, 6.45) is 6.22. The lowest BCUT2D eigenvalue weighted by atomic mass is 9.75. The smallest absolute Gasteiger partial charge is 0.226 e. The van der Waals surface area contributed by atoms with Crippen LogP contribution in [0.2, 0.25) is 10.2 Å². The van der Waals surface area contributed by atoms with Gasteiger partial charge in [-0.25, -0.2) is 18.4 Å². The molecule has 1 fully saturated rings. The predicted octanol–water partition coefficient (Wildman–Crippen LogP) is 4.06. The highest BCUT2D eigenvalue weighted by molar-refractivity contribution is 7.90. The molecular weight excluding hydrogens is 449 g/mol. The number of anilines is 1. The number of amides is 1. The monoisotopic (exact) mass is 469 g/mol. The maximum Gasteiger partial charge on any atom is 0.226 e. The fourth-order valence-corrected chi connectivity index (χ4v) is 5.18. The van der Waals surface area contributed by atoms with Crippen molar-refractivity contribution in [1.29, 1.82) is 0 Å². The maximum absolute atomic E-state index is 12.7. The maximum atomic E-state index is 12.7. The number of nitrogens with one attached hydrogen (secondary N) is 1. The molecular formula is C20H21Cl2N3O4S. The first-order chi connectivity index (χ1) is 14.1. The van der Waals surface area contributed by atoms with E-state index in [1.54, 1.807) is 12.1 Å². The highest BCUT2D eigenvalue weighted by Crippen LogP contribution is 2.39. The Bertz CT molecular complexity index is 1050. The van der Waals surface area contributed by atoms with Crippen molar-refractivity contribution in [3.05, 3.63) is 46.3 Å². The zero-order valence-electron chi connectivity index (χ0n) is 16.3. The Balaban J connectivity index is 1.85. The second-order valence-electron chi connectivity index (χ2n) is 7.42. The van der Waals surface area contributed by atoms with Crippen LogP contribution in [-0.4, -0.2) is 36.3 Å². The van der Waals surface area contributed by atoms with E-state index in [-0.39, 0.29) is 50.8 Å². The Kier molecular flexibility index (Phi) is 7.10. The van der Waals surface area contributed by atoms with Crippen molar-refractivity contribution in [2.45, 2.75) is 42.9 Å². The normalized spacial score (nSPS) is 16.3. The summed E-state index contributed by atoms with van der Waals surface area (Å²) in [5.74, 6) is 0.120. The van der Waals surface area contributed by atoms with E-state index in [4.69, 9.17) is 23.2 Å². The summed E-state index contributed by atoms with van der Waals surface area (Å²) >= 11 is 12.0. The van der Waals surface area contributed by atoms with E-state index < -0.39 is 9.84 Å². The molecule has 3 rings (SSSR count). The summed E-state index contributed by atoms with van der Waals surface area (Å²) in [7, 11) is -3.46. The van der Waals surface area contributed by atoms with Gasteiger partial charge in [0.05, 0.1) is 22.3 Å². The summed E-state index contributed by atoms with van der Waals surface area (Å²) in [6.45, 7) is 0. The van der Waals surface area contributed by atoms with Crippen molar-refractivity contribution < 1.29 is 18.0 Å². The fourth-order valence-electron chi connectivity index (χ4n) is 3.74. The third kappa shape index (κ3) is 5.77. The lowest BCUT2D eigenvalue weighted by Gasteiger charge is -2.30. The third-order valence-electron chi connectivity index (χ3n) is 5.23. The molecule has 1 amide bonds. The Morgan fingerprint density at radius 1 is 1.20 bits per heavy atom. The third-order valence-corrected chi connectivity index (χ3v) is 7.01. The molecule has 0 unspecified atom stereocenters. The number of ketones is 1. The van der Waals surface area contributed by atoms with Crippen molar-refractivity contribution in [1.82, 2.24) is 9.97 Å². The largest absolute Gasteiger partial charge is 0.309 e. The van der Waals surface area contributed by atoms with Gasteiger partial charge in [0.1, 0.15) is 10.9 Å². The fraction of sp³-hybridized carbons (Fsp3) is 0.400. The van der Waals surface area contributed by atoms with Crippen LogP contribution in [0.25, 0.3) is 0 Å². The lowest BCUT2D eigenvalue weighted by Crippen LogP contribution is -2.25. The van der Waals surface area contributed by atoms with E-state index in [1.165, 1.54) is 18.5 Å². The molecule has 1 aromatic carbocycles. The van der Waals surface area contributed by atoms with Crippen LogP contribution in [0.3, 0.4) is 0 Å². The highest BCUT2D eigenvalue weighted by Gasteiger charge is 2.30. The minimum absolute atomic E-state index is 0.0476. The molecule has 1 heterocycles. The first kappa shape index (κ1) is 22.7. The van der Waals surface area contributed by atoms with Crippen LogP contribution in [-0.2, 0) is 19.4 Å². The van der Waals surface area contributed by atoms with Gasteiger partial charge in [0.25, 0.3) is 0 Å².